The molecule has 3 aromatic rings. The van der Waals surface area contributed by atoms with Gasteiger partial charge in [0.05, 0.1) is 30.0 Å². The lowest BCUT2D eigenvalue weighted by Gasteiger charge is -2.36. The summed E-state index contributed by atoms with van der Waals surface area (Å²) in [5, 5.41) is 25.8. The van der Waals surface area contributed by atoms with Gasteiger partial charge in [0.1, 0.15) is 23.0 Å². The number of nitrogens with one attached hydrogen (secondary N) is 2. The molecule has 1 fully saturated rings. The van der Waals surface area contributed by atoms with Gasteiger partial charge in [-0.3, -0.25) is 0 Å². The van der Waals surface area contributed by atoms with Gasteiger partial charge in [-0.25, -0.2) is 15.0 Å². The van der Waals surface area contributed by atoms with E-state index in [1.54, 1.807) is 24.7 Å². The van der Waals surface area contributed by atoms with Gasteiger partial charge in [0.25, 0.3) is 0 Å². The maximum absolute atomic E-state index is 10.5. The molecule has 3 N–H and O–H groups in total. The molecule has 0 aromatic carbocycles. The standard InChI is InChI=1S/C21H26N8O/c1-13(2)18-12-29(7-6-22-18)20-5-4-17(27-28-20)21-19(30)8-15(9-25-21)26-16-10-23-14(3)24-11-16/h4-5,8-11,13,18,22,26,30H,6-7,12H2,1-3H3/t18-/m1/s1. The van der Waals surface area contributed by atoms with Crippen LogP contribution in [-0.4, -0.2) is 55.9 Å². The van der Waals surface area contributed by atoms with E-state index in [1.165, 1.54) is 0 Å². The molecule has 4 rings (SSSR count). The fraction of sp³-hybridized carbons (Fsp3) is 0.381. The third-order valence-corrected chi connectivity index (χ3v) is 5.16. The summed E-state index contributed by atoms with van der Waals surface area (Å²) in [6.45, 7) is 8.98. The van der Waals surface area contributed by atoms with Crippen LogP contribution >= 0.6 is 0 Å². The normalized spacial score (nSPS) is 16.7. The van der Waals surface area contributed by atoms with E-state index < -0.39 is 0 Å². The Labute approximate surface area is 175 Å². The molecule has 1 aliphatic heterocycles. The van der Waals surface area contributed by atoms with E-state index in [0.29, 0.717) is 34.9 Å². The molecule has 0 aliphatic carbocycles. The van der Waals surface area contributed by atoms with E-state index in [2.05, 4.69) is 54.5 Å². The quantitative estimate of drug-likeness (QED) is 0.588. The van der Waals surface area contributed by atoms with Gasteiger partial charge in [-0.2, -0.15) is 0 Å². The minimum Gasteiger partial charge on any atom is -0.506 e. The first-order chi connectivity index (χ1) is 14.5. The molecule has 0 amide bonds. The second kappa shape index (κ2) is 8.58. The van der Waals surface area contributed by atoms with Gasteiger partial charge < -0.3 is 20.6 Å². The van der Waals surface area contributed by atoms with Crippen molar-refractivity contribution in [1.29, 1.82) is 0 Å². The van der Waals surface area contributed by atoms with E-state index in [9.17, 15) is 5.11 Å². The minimum atomic E-state index is 0.0251. The van der Waals surface area contributed by atoms with Crippen LogP contribution in [0.2, 0.25) is 0 Å². The molecule has 9 heteroatoms. The highest BCUT2D eigenvalue weighted by Gasteiger charge is 2.23. The zero-order valence-corrected chi connectivity index (χ0v) is 17.4. The summed E-state index contributed by atoms with van der Waals surface area (Å²) in [5.41, 5.74) is 2.26. The second-order valence-corrected chi connectivity index (χ2v) is 7.76. The lowest BCUT2D eigenvalue weighted by Crippen LogP contribution is -2.53. The van der Waals surface area contributed by atoms with Gasteiger partial charge in [0.2, 0.25) is 0 Å². The van der Waals surface area contributed by atoms with Gasteiger partial charge in [-0.05, 0) is 25.0 Å². The van der Waals surface area contributed by atoms with Crippen LogP contribution in [0, 0.1) is 12.8 Å². The number of aromatic hydroxyl groups is 1. The molecule has 1 saturated heterocycles. The molecule has 9 nitrogen and oxygen atoms in total. The molecule has 1 atom stereocenters. The Bertz CT molecular complexity index is 991. The molecule has 0 spiro atoms. The van der Waals surface area contributed by atoms with Crippen LogP contribution in [0.5, 0.6) is 5.75 Å². The number of aromatic nitrogens is 5. The first kappa shape index (κ1) is 20.0. The van der Waals surface area contributed by atoms with Crippen molar-refractivity contribution in [2.45, 2.75) is 26.8 Å². The van der Waals surface area contributed by atoms with Crippen LogP contribution < -0.4 is 15.5 Å². The Morgan fingerprint density at radius 2 is 1.87 bits per heavy atom. The van der Waals surface area contributed by atoms with Crippen LogP contribution in [-0.2, 0) is 0 Å². The molecule has 30 heavy (non-hydrogen) atoms. The number of piperazine rings is 1. The molecule has 0 saturated carbocycles. The average molecular weight is 406 g/mol. The first-order valence-corrected chi connectivity index (χ1v) is 10.1. The number of pyridine rings is 1. The van der Waals surface area contributed by atoms with Crippen molar-refractivity contribution >= 4 is 17.2 Å². The molecule has 156 valence electrons. The fourth-order valence-corrected chi connectivity index (χ4v) is 3.40. The molecule has 0 radical (unpaired) electrons. The van der Waals surface area contributed by atoms with Gasteiger partial charge in [-0.1, -0.05) is 13.8 Å². The van der Waals surface area contributed by atoms with Crippen molar-refractivity contribution in [3.8, 4) is 17.1 Å². The number of anilines is 3. The summed E-state index contributed by atoms with van der Waals surface area (Å²) < 4.78 is 0. The van der Waals surface area contributed by atoms with Crippen LogP contribution in [0.25, 0.3) is 11.4 Å². The van der Waals surface area contributed by atoms with Crippen LogP contribution in [0.4, 0.5) is 17.2 Å². The van der Waals surface area contributed by atoms with Gasteiger partial charge in [-0.15, -0.1) is 10.2 Å². The Morgan fingerprint density at radius 3 is 2.53 bits per heavy atom. The number of aryl methyl sites for hydroxylation is 1. The fourth-order valence-electron chi connectivity index (χ4n) is 3.40. The second-order valence-electron chi connectivity index (χ2n) is 7.76. The molecule has 1 aliphatic rings. The van der Waals surface area contributed by atoms with Crippen LogP contribution in [0.15, 0.2) is 36.8 Å². The average Bonchev–Trinajstić information content (AvgIpc) is 2.76. The third kappa shape index (κ3) is 4.46. The predicted octanol–water partition coefficient (Wildman–Crippen LogP) is 2.52. The van der Waals surface area contributed by atoms with Crippen LogP contribution in [0.1, 0.15) is 19.7 Å². The summed E-state index contributed by atoms with van der Waals surface area (Å²) in [4.78, 5) is 14.9. The minimum absolute atomic E-state index is 0.0251. The highest BCUT2D eigenvalue weighted by Crippen LogP contribution is 2.29. The summed E-state index contributed by atoms with van der Waals surface area (Å²) >= 11 is 0. The summed E-state index contributed by atoms with van der Waals surface area (Å²) in [5.74, 6) is 2.11. The smallest absolute Gasteiger partial charge is 0.151 e. The van der Waals surface area contributed by atoms with E-state index in [0.717, 1.165) is 31.1 Å². The molecular formula is C21H26N8O. The van der Waals surface area contributed by atoms with Gasteiger partial charge >= 0.3 is 0 Å². The van der Waals surface area contributed by atoms with E-state index in [-0.39, 0.29) is 5.75 Å². The topological polar surface area (TPSA) is 112 Å². The first-order valence-electron chi connectivity index (χ1n) is 10.1. The highest BCUT2D eigenvalue weighted by atomic mass is 16.3. The van der Waals surface area contributed by atoms with E-state index in [4.69, 9.17) is 0 Å². The Kier molecular flexibility index (Phi) is 5.71. The Morgan fingerprint density at radius 1 is 1.10 bits per heavy atom. The SMILES string of the molecule is Cc1ncc(Nc2cnc(-c3ccc(N4CCN[C@@H](C(C)C)C4)nn3)c(O)c2)cn1. The molecular weight excluding hydrogens is 380 g/mol. The number of rotatable bonds is 5. The molecule has 4 heterocycles. The summed E-state index contributed by atoms with van der Waals surface area (Å²) in [6, 6.07) is 5.81. The van der Waals surface area contributed by atoms with Gasteiger partial charge in [0.15, 0.2) is 5.82 Å². The largest absolute Gasteiger partial charge is 0.506 e. The van der Waals surface area contributed by atoms with Crippen molar-refractivity contribution < 1.29 is 5.11 Å². The lowest BCUT2D eigenvalue weighted by atomic mass is 10.0. The maximum atomic E-state index is 10.5. The van der Waals surface area contributed by atoms with Crippen molar-refractivity contribution in [3.63, 3.8) is 0 Å². The van der Waals surface area contributed by atoms with E-state index >= 15 is 0 Å². The Hall–Kier alpha value is -3.33. The predicted molar refractivity (Wildman–Crippen MR) is 116 cm³/mol. The van der Waals surface area contributed by atoms with Crippen molar-refractivity contribution in [1.82, 2.24) is 30.5 Å². The molecule has 3 aromatic heterocycles. The number of hydrogen-bond acceptors (Lipinski definition) is 9. The number of nitrogens with zero attached hydrogens (tertiary/aromatic N) is 6. The Balaban J connectivity index is 1.48. The lowest BCUT2D eigenvalue weighted by molar-refractivity contribution is 0.367. The zero-order valence-electron chi connectivity index (χ0n) is 17.4. The number of hydrogen-bond donors (Lipinski definition) is 3. The molecule has 0 bridgehead atoms. The third-order valence-electron chi connectivity index (χ3n) is 5.16. The monoisotopic (exact) mass is 406 g/mol. The zero-order chi connectivity index (χ0) is 21.1. The van der Waals surface area contributed by atoms with Gasteiger partial charge in [0, 0.05) is 31.7 Å². The van der Waals surface area contributed by atoms with Crippen molar-refractivity contribution in [2.24, 2.45) is 5.92 Å². The van der Waals surface area contributed by atoms with E-state index in [1.807, 2.05) is 19.1 Å². The highest BCUT2D eigenvalue weighted by molar-refractivity contribution is 5.68. The van der Waals surface area contributed by atoms with Crippen LogP contribution in [0.3, 0.4) is 0 Å². The molecule has 0 unspecified atom stereocenters. The summed E-state index contributed by atoms with van der Waals surface area (Å²) in [7, 11) is 0. The maximum Gasteiger partial charge on any atom is 0.151 e. The van der Waals surface area contributed by atoms with Crippen molar-refractivity contribution in [2.75, 3.05) is 29.9 Å². The van der Waals surface area contributed by atoms with Crippen molar-refractivity contribution in [3.05, 3.63) is 42.6 Å². The summed E-state index contributed by atoms with van der Waals surface area (Å²) in [6.07, 6.45) is 4.99.